The van der Waals surface area contributed by atoms with E-state index in [0.29, 0.717) is 18.3 Å². The summed E-state index contributed by atoms with van der Waals surface area (Å²) < 4.78 is 0. The minimum absolute atomic E-state index is 0.307. The van der Waals surface area contributed by atoms with Crippen LogP contribution in [0.4, 0.5) is 0 Å². The van der Waals surface area contributed by atoms with E-state index in [1.165, 1.54) is 0 Å². The molecule has 3 heteroatoms. The monoisotopic (exact) mass is 229 g/mol. The Morgan fingerprint density at radius 3 is 2.12 bits per heavy atom. The summed E-state index contributed by atoms with van der Waals surface area (Å²) in [5.74, 6) is 0.445. The Balaban J connectivity index is 3.97. The fourth-order valence-corrected chi connectivity index (χ4v) is 2.01. The van der Waals surface area contributed by atoms with Gasteiger partial charge < -0.3 is 10.0 Å². The Hall–Kier alpha value is -0.570. The van der Waals surface area contributed by atoms with Crippen molar-refractivity contribution in [2.45, 2.75) is 47.0 Å². The molecule has 0 aliphatic carbocycles. The smallest absolute Gasteiger partial charge is 0.303 e. The SMILES string of the molecule is CCN(CC)CCC(CCC(=O)O)C(C)C. The molecular weight excluding hydrogens is 202 g/mol. The van der Waals surface area contributed by atoms with Gasteiger partial charge in [0, 0.05) is 6.42 Å². The highest BCUT2D eigenvalue weighted by molar-refractivity contribution is 5.66. The van der Waals surface area contributed by atoms with Gasteiger partial charge in [-0.25, -0.2) is 0 Å². The van der Waals surface area contributed by atoms with E-state index in [1.807, 2.05) is 0 Å². The van der Waals surface area contributed by atoms with E-state index >= 15 is 0 Å². The summed E-state index contributed by atoms with van der Waals surface area (Å²) >= 11 is 0. The molecule has 3 nitrogen and oxygen atoms in total. The van der Waals surface area contributed by atoms with Crippen molar-refractivity contribution in [2.24, 2.45) is 11.8 Å². The Bertz CT molecular complexity index is 188. The topological polar surface area (TPSA) is 40.5 Å². The largest absolute Gasteiger partial charge is 0.481 e. The van der Waals surface area contributed by atoms with E-state index in [2.05, 4.69) is 32.6 Å². The van der Waals surface area contributed by atoms with Crippen LogP contribution in [0.25, 0.3) is 0 Å². The van der Waals surface area contributed by atoms with Crippen molar-refractivity contribution < 1.29 is 9.90 Å². The van der Waals surface area contributed by atoms with Crippen LogP contribution >= 0.6 is 0 Å². The Morgan fingerprint density at radius 2 is 1.75 bits per heavy atom. The quantitative estimate of drug-likeness (QED) is 0.661. The molecule has 0 aliphatic heterocycles. The number of hydrogen-bond acceptors (Lipinski definition) is 2. The van der Waals surface area contributed by atoms with E-state index in [4.69, 9.17) is 5.11 Å². The minimum atomic E-state index is -0.673. The van der Waals surface area contributed by atoms with Gasteiger partial charge in [0.1, 0.15) is 0 Å². The molecule has 0 saturated carbocycles. The maximum atomic E-state index is 10.6. The van der Waals surface area contributed by atoms with Gasteiger partial charge in [0.05, 0.1) is 0 Å². The first-order chi connectivity index (χ1) is 7.51. The minimum Gasteiger partial charge on any atom is -0.481 e. The third-order valence-electron chi connectivity index (χ3n) is 3.38. The third kappa shape index (κ3) is 6.83. The highest BCUT2D eigenvalue weighted by Gasteiger charge is 2.15. The third-order valence-corrected chi connectivity index (χ3v) is 3.38. The zero-order valence-corrected chi connectivity index (χ0v) is 11.2. The first kappa shape index (κ1) is 15.4. The molecule has 0 bridgehead atoms. The van der Waals surface area contributed by atoms with E-state index in [0.717, 1.165) is 32.5 Å². The summed E-state index contributed by atoms with van der Waals surface area (Å²) in [6.45, 7) is 12.0. The molecule has 0 spiro atoms. The summed E-state index contributed by atoms with van der Waals surface area (Å²) in [5.41, 5.74) is 0. The first-order valence-corrected chi connectivity index (χ1v) is 6.45. The molecule has 0 fully saturated rings. The summed E-state index contributed by atoms with van der Waals surface area (Å²) in [6, 6.07) is 0. The molecule has 0 rings (SSSR count). The standard InChI is InChI=1S/C13H27NO2/c1-5-14(6-2)10-9-12(11(3)4)7-8-13(15)16/h11-12H,5-10H2,1-4H3,(H,15,16). The van der Waals surface area contributed by atoms with Crippen molar-refractivity contribution in [3.05, 3.63) is 0 Å². The molecule has 16 heavy (non-hydrogen) atoms. The first-order valence-electron chi connectivity index (χ1n) is 6.45. The molecule has 0 heterocycles. The van der Waals surface area contributed by atoms with Crippen LogP contribution in [0.15, 0.2) is 0 Å². The van der Waals surface area contributed by atoms with E-state index < -0.39 is 5.97 Å². The van der Waals surface area contributed by atoms with Gasteiger partial charge in [-0.2, -0.15) is 0 Å². The lowest BCUT2D eigenvalue weighted by Gasteiger charge is -2.24. The second-order valence-corrected chi connectivity index (χ2v) is 4.75. The van der Waals surface area contributed by atoms with Crippen molar-refractivity contribution in [2.75, 3.05) is 19.6 Å². The van der Waals surface area contributed by atoms with Gasteiger partial charge in [-0.1, -0.05) is 27.7 Å². The Morgan fingerprint density at radius 1 is 1.19 bits per heavy atom. The predicted molar refractivity (Wildman–Crippen MR) is 67.6 cm³/mol. The molecule has 0 aromatic heterocycles. The molecular formula is C13H27NO2. The van der Waals surface area contributed by atoms with Crippen LogP contribution in [0, 0.1) is 11.8 Å². The van der Waals surface area contributed by atoms with Gasteiger partial charge in [0.15, 0.2) is 0 Å². The number of carboxylic acid groups (broad SMARTS) is 1. The fourth-order valence-electron chi connectivity index (χ4n) is 2.01. The van der Waals surface area contributed by atoms with Crippen molar-refractivity contribution in [3.8, 4) is 0 Å². The van der Waals surface area contributed by atoms with E-state index in [-0.39, 0.29) is 0 Å². The van der Waals surface area contributed by atoms with Gasteiger partial charge in [0.25, 0.3) is 0 Å². The number of carbonyl (C=O) groups is 1. The molecule has 0 amide bonds. The van der Waals surface area contributed by atoms with Crippen LogP contribution in [0.2, 0.25) is 0 Å². The van der Waals surface area contributed by atoms with Gasteiger partial charge >= 0.3 is 5.97 Å². The van der Waals surface area contributed by atoms with Crippen molar-refractivity contribution in [1.82, 2.24) is 4.90 Å². The highest BCUT2D eigenvalue weighted by atomic mass is 16.4. The van der Waals surface area contributed by atoms with Crippen LogP contribution < -0.4 is 0 Å². The summed E-state index contributed by atoms with van der Waals surface area (Å²) in [4.78, 5) is 13.0. The summed E-state index contributed by atoms with van der Waals surface area (Å²) in [7, 11) is 0. The molecule has 0 aromatic carbocycles. The van der Waals surface area contributed by atoms with Gasteiger partial charge in [0.2, 0.25) is 0 Å². The lowest BCUT2D eigenvalue weighted by atomic mass is 9.88. The van der Waals surface area contributed by atoms with Gasteiger partial charge in [-0.3, -0.25) is 4.79 Å². The number of rotatable bonds is 9. The van der Waals surface area contributed by atoms with Crippen molar-refractivity contribution >= 4 is 5.97 Å². The Kier molecular flexibility index (Phi) is 8.26. The lowest BCUT2D eigenvalue weighted by Crippen LogP contribution is -2.27. The van der Waals surface area contributed by atoms with Crippen LogP contribution in [0.5, 0.6) is 0 Å². The Labute approximate surface area is 99.8 Å². The van der Waals surface area contributed by atoms with E-state index in [1.54, 1.807) is 0 Å². The molecule has 0 saturated heterocycles. The van der Waals surface area contributed by atoms with Crippen LogP contribution in [-0.2, 0) is 4.79 Å². The zero-order chi connectivity index (χ0) is 12.6. The molecule has 1 N–H and O–H groups in total. The average Bonchev–Trinajstić information content (AvgIpc) is 2.22. The molecule has 1 unspecified atom stereocenters. The molecule has 0 radical (unpaired) electrons. The molecule has 96 valence electrons. The predicted octanol–water partition coefficient (Wildman–Crippen LogP) is 2.86. The van der Waals surface area contributed by atoms with Crippen molar-refractivity contribution in [3.63, 3.8) is 0 Å². The van der Waals surface area contributed by atoms with Crippen LogP contribution in [0.3, 0.4) is 0 Å². The normalized spacial score (nSPS) is 13.4. The molecule has 0 aromatic rings. The van der Waals surface area contributed by atoms with Crippen LogP contribution in [-0.4, -0.2) is 35.6 Å². The zero-order valence-electron chi connectivity index (χ0n) is 11.2. The van der Waals surface area contributed by atoms with Gasteiger partial charge in [-0.15, -0.1) is 0 Å². The number of aliphatic carboxylic acids is 1. The summed E-state index contributed by atoms with van der Waals surface area (Å²) in [5, 5.41) is 8.70. The number of nitrogens with zero attached hydrogens (tertiary/aromatic N) is 1. The fraction of sp³-hybridized carbons (Fsp3) is 0.923. The van der Waals surface area contributed by atoms with Crippen molar-refractivity contribution in [1.29, 1.82) is 0 Å². The highest BCUT2D eigenvalue weighted by Crippen LogP contribution is 2.21. The van der Waals surface area contributed by atoms with Gasteiger partial charge in [-0.05, 0) is 44.3 Å². The number of carboxylic acids is 1. The average molecular weight is 229 g/mol. The summed E-state index contributed by atoms with van der Waals surface area (Å²) in [6.07, 6.45) is 2.24. The lowest BCUT2D eigenvalue weighted by molar-refractivity contribution is -0.137. The number of hydrogen-bond donors (Lipinski definition) is 1. The molecule has 0 aliphatic rings. The maximum Gasteiger partial charge on any atom is 0.303 e. The second kappa shape index (κ2) is 8.57. The second-order valence-electron chi connectivity index (χ2n) is 4.75. The van der Waals surface area contributed by atoms with E-state index in [9.17, 15) is 4.79 Å². The molecule has 1 atom stereocenters. The maximum absolute atomic E-state index is 10.6. The van der Waals surface area contributed by atoms with Crippen LogP contribution in [0.1, 0.15) is 47.0 Å².